The number of hydrogen-bond donors (Lipinski definition) is 1. The molecule has 0 aliphatic carbocycles. The average molecular weight is 495 g/mol. The number of carbonyl (C=O) groups excluding carboxylic acids is 1. The van der Waals surface area contributed by atoms with Crippen LogP contribution in [0.5, 0.6) is 0 Å². The molecule has 0 aliphatic heterocycles. The van der Waals surface area contributed by atoms with Gasteiger partial charge in [-0.2, -0.15) is 0 Å². The first-order valence-electron chi connectivity index (χ1n) is 10.5. The molecule has 9 heteroatoms. The van der Waals surface area contributed by atoms with Crippen molar-refractivity contribution < 1.29 is 13.2 Å². The van der Waals surface area contributed by atoms with E-state index in [0.717, 1.165) is 17.5 Å². The van der Waals surface area contributed by atoms with E-state index in [4.69, 9.17) is 11.6 Å². The summed E-state index contributed by atoms with van der Waals surface area (Å²) in [5.41, 5.74) is 3.43. The number of sulfonamides is 1. The molecule has 0 unspecified atom stereocenters. The fraction of sp³-hybridized carbons (Fsp3) is 0.120. The molecule has 0 atom stereocenters. The van der Waals surface area contributed by atoms with Crippen LogP contribution in [-0.2, 0) is 23.1 Å². The molecule has 1 amide bonds. The third-order valence-electron chi connectivity index (χ3n) is 5.30. The van der Waals surface area contributed by atoms with Crippen molar-refractivity contribution in [3.63, 3.8) is 0 Å². The van der Waals surface area contributed by atoms with E-state index in [9.17, 15) is 13.2 Å². The first kappa shape index (κ1) is 23.5. The van der Waals surface area contributed by atoms with Crippen molar-refractivity contribution in [1.29, 1.82) is 0 Å². The maximum absolute atomic E-state index is 12.7. The van der Waals surface area contributed by atoms with Gasteiger partial charge in [0.15, 0.2) is 0 Å². The number of amides is 1. The Balaban J connectivity index is 1.49. The molecule has 1 heterocycles. The van der Waals surface area contributed by atoms with E-state index in [1.165, 1.54) is 4.31 Å². The number of rotatable bonds is 8. The fourth-order valence-corrected chi connectivity index (χ4v) is 4.63. The zero-order chi connectivity index (χ0) is 24.1. The van der Waals surface area contributed by atoms with Gasteiger partial charge in [-0.1, -0.05) is 48.0 Å². The number of nitrogens with zero attached hydrogens (tertiary/aromatic N) is 3. The number of hydrogen-bond acceptors (Lipinski definition) is 4. The van der Waals surface area contributed by atoms with Crippen LogP contribution in [0.4, 0.5) is 5.69 Å². The Morgan fingerprint density at radius 3 is 2.32 bits per heavy atom. The second kappa shape index (κ2) is 10.1. The van der Waals surface area contributed by atoms with Crippen LogP contribution in [-0.4, -0.2) is 30.1 Å². The Labute approximate surface area is 203 Å². The quantitative estimate of drug-likeness (QED) is 0.393. The summed E-state index contributed by atoms with van der Waals surface area (Å²) < 4.78 is 28.0. The smallest absolute Gasteiger partial charge is 0.251 e. The van der Waals surface area contributed by atoms with E-state index in [0.29, 0.717) is 28.4 Å². The van der Waals surface area contributed by atoms with Gasteiger partial charge in [0.2, 0.25) is 10.0 Å². The van der Waals surface area contributed by atoms with Crippen molar-refractivity contribution >= 4 is 33.2 Å². The number of halogens is 1. The lowest BCUT2D eigenvalue weighted by Crippen LogP contribution is -2.29. The highest BCUT2D eigenvalue weighted by atomic mass is 35.5. The Kier molecular flexibility index (Phi) is 7.00. The molecule has 174 valence electrons. The molecule has 0 saturated carbocycles. The highest BCUT2D eigenvalue weighted by Gasteiger charge is 2.19. The molecule has 0 saturated heterocycles. The standard InChI is InChI=1S/C25H23ClN4O3S/c1-34(32,33)30(17-21-7-2-4-8-23(21)26)22-12-10-19(11-13-22)25(31)28-16-20-6-3-5-9-24(20)29-15-14-27-18-29/h2-15,18H,16-17H2,1H3,(H,28,31). The van der Waals surface area contributed by atoms with Gasteiger partial charge in [-0.15, -0.1) is 0 Å². The van der Waals surface area contributed by atoms with Crippen molar-refractivity contribution in [2.45, 2.75) is 13.1 Å². The van der Waals surface area contributed by atoms with E-state index >= 15 is 0 Å². The third kappa shape index (κ3) is 5.47. The summed E-state index contributed by atoms with van der Waals surface area (Å²) in [7, 11) is -3.57. The lowest BCUT2D eigenvalue weighted by Gasteiger charge is -2.23. The zero-order valence-corrected chi connectivity index (χ0v) is 20.0. The second-order valence-corrected chi connectivity index (χ2v) is 10.0. The van der Waals surface area contributed by atoms with Crippen molar-refractivity contribution in [3.05, 3.63) is 113 Å². The molecule has 4 rings (SSSR count). The highest BCUT2D eigenvalue weighted by Crippen LogP contribution is 2.24. The molecule has 0 bridgehead atoms. The molecule has 1 N–H and O–H groups in total. The second-order valence-electron chi connectivity index (χ2n) is 7.69. The minimum absolute atomic E-state index is 0.0923. The Hall–Kier alpha value is -3.62. The first-order chi connectivity index (χ1) is 16.3. The van der Waals surface area contributed by atoms with Gasteiger partial charge in [0.1, 0.15) is 0 Å². The van der Waals surface area contributed by atoms with E-state index in [-0.39, 0.29) is 12.5 Å². The number of carbonyl (C=O) groups is 1. The minimum Gasteiger partial charge on any atom is -0.348 e. The van der Waals surface area contributed by atoms with Crippen LogP contribution < -0.4 is 9.62 Å². The van der Waals surface area contributed by atoms with E-state index in [2.05, 4.69) is 10.3 Å². The van der Waals surface area contributed by atoms with Gasteiger partial charge in [-0.3, -0.25) is 9.10 Å². The lowest BCUT2D eigenvalue weighted by molar-refractivity contribution is 0.0951. The summed E-state index contributed by atoms with van der Waals surface area (Å²) in [6, 6.07) is 21.3. The summed E-state index contributed by atoms with van der Waals surface area (Å²) >= 11 is 6.22. The summed E-state index contributed by atoms with van der Waals surface area (Å²) in [6.07, 6.45) is 6.38. The fourth-order valence-electron chi connectivity index (χ4n) is 3.55. The van der Waals surface area contributed by atoms with Crippen LogP contribution in [0.15, 0.2) is 91.5 Å². The number of para-hydroxylation sites is 1. The van der Waals surface area contributed by atoms with Gasteiger partial charge in [-0.05, 0) is 47.5 Å². The molecule has 0 spiro atoms. The van der Waals surface area contributed by atoms with Crippen molar-refractivity contribution in [1.82, 2.24) is 14.9 Å². The zero-order valence-electron chi connectivity index (χ0n) is 18.4. The van der Waals surface area contributed by atoms with Crippen molar-refractivity contribution in [2.24, 2.45) is 0 Å². The highest BCUT2D eigenvalue weighted by molar-refractivity contribution is 7.92. The molecule has 34 heavy (non-hydrogen) atoms. The minimum atomic E-state index is -3.57. The van der Waals surface area contributed by atoms with Crippen LogP contribution in [0.1, 0.15) is 21.5 Å². The topological polar surface area (TPSA) is 84.3 Å². The SMILES string of the molecule is CS(=O)(=O)N(Cc1ccccc1Cl)c1ccc(C(=O)NCc2ccccc2-n2ccnc2)cc1. The van der Waals surface area contributed by atoms with Crippen LogP contribution in [0.2, 0.25) is 5.02 Å². The van der Waals surface area contributed by atoms with Crippen LogP contribution >= 0.6 is 11.6 Å². The Morgan fingerprint density at radius 1 is 1.00 bits per heavy atom. The van der Waals surface area contributed by atoms with Gasteiger partial charge in [0, 0.05) is 29.5 Å². The van der Waals surface area contributed by atoms with E-state index < -0.39 is 10.0 Å². The summed E-state index contributed by atoms with van der Waals surface area (Å²) in [6.45, 7) is 0.423. The number of benzene rings is 3. The summed E-state index contributed by atoms with van der Waals surface area (Å²) in [5, 5.41) is 3.41. The largest absolute Gasteiger partial charge is 0.348 e. The van der Waals surface area contributed by atoms with Gasteiger partial charge >= 0.3 is 0 Å². The maximum Gasteiger partial charge on any atom is 0.251 e. The molecule has 0 aliphatic rings. The normalized spacial score (nSPS) is 11.2. The predicted octanol–water partition coefficient (Wildman–Crippen LogP) is 4.42. The van der Waals surface area contributed by atoms with E-state index in [1.54, 1.807) is 61.1 Å². The van der Waals surface area contributed by atoms with Gasteiger partial charge in [0.05, 0.1) is 30.5 Å². The molecule has 3 aromatic carbocycles. The monoisotopic (exact) mass is 494 g/mol. The van der Waals surface area contributed by atoms with Gasteiger partial charge in [-0.25, -0.2) is 13.4 Å². The average Bonchev–Trinajstić information content (AvgIpc) is 3.36. The van der Waals surface area contributed by atoms with Crippen molar-refractivity contribution in [3.8, 4) is 5.69 Å². The molecule has 4 aromatic rings. The van der Waals surface area contributed by atoms with Crippen LogP contribution in [0.3, 0.4) is 0 Å². The van der Waals surface area contributed by atoms with Crippen molar-refractivity contribution in [2.75, 3.05) is 10.6 Å². The van der Waals surface area contributed by atoms with Crippen LogP contribution in [0.25, 0.3) is 5.69 Å². The first-order valence-corrected chi connectivity index (χ1v) is 12.7. The summed E-state index contributed by atoms with van der Waals surface area (Å²) in [4.78, 5) is 16.8. The molecule has 1 aromatic heterocycles. The molecular weight excluding hydrogens is 472 g/mol. The number of imidazole rings is 1. The van der Waals surface area contributed by atoms with E-state index in [1.807, 2.05) is 35.0 Å². The van der Waals surface area contributed by atoms with Gasteiger partial charge < -0.3 is 9.88 Å². The number of anilines is 1. The molecular formula is C25H23ClN4O3S. The van der Waals surface area contributed by atoms with Gasteiger partial charge in [0.25, 0.3) is 5.91 Å². The Morgan fingerprint density at radius 2 is 1.68 bits per heavy atom. The predicted molar refractivity (Wildman–Crippen MR) is 134 cm³/mol. The lowest BCUT2D eigenvalue weighted by atomic mass is 10.1. The third-order valence-corrected chi connectivity index (χ3v) is 6.81. The summed E-state index contributed by atoms with van der Waals surface area (Å²) in [5.74, 6) is -0.260. The molecule has 0 radical (unpaired) electrons. The number of nitrogens with one attached hydrogen (secondary N) is 1. The number of aromatic nitrogens is 2. The Bertz CT molecular complexity index is 1390. The maximum atomic E-state index is 12.7. The molecule has 7 nitrogen and oxygen atoms in total. The van der Waals surface area contributed by atoms with Crippen LogP contribution in [0, 0.1) is 0 Å². The molecule has 0 fully saturated rings.